The molecule has 1 aliphatic rings. The minimum absolute atomic E-state index is 0.00154. The van der Waals surface area contributed by atoms with Gasteiger partial charge in [0.15, 0.2) is 5.13 Å². The number of hydrogen-bond acceptors (Lipinski definition) is 8. The lowest BCUT2D eigenvalue weighted by atomic mass is 10.2. The normalized spacial score (nSPS) is 13.6. The molecule has 5 rings (SSSR count). The standard InChI is InChI=1S/C22H22ClN5O2S2/c1-3-27(4-2)22-24-20-16(32-22)11-17(31-20)21(29)28(15-9-10-15)12-18-25-26-19(30-18)13-5-7-14(23)8-6-13/h5-8,11,15H,3-4,9-10,12H2,1-2H3. The van der Waals surface area contributed by atoms with E-state index in [0.717, 1.165) is 46.2 Å². The highest BCUT2D eigenvalue weighted by atomic mass is 35.5. The van der Waals surface area contributed by atoms with Gasteiger partial charge in [-0.3, -0.25) is 4.79 Å². The molecule has 0 N–H and O–H groups in total. The van der Waals surface area contributed by atoms with Crippen LogP contribution in [0.4, 0.5) is 5.13 Å². The van der Waals surface area contributed by atoms with Crippen LogP contribution < -0.4 is 4.90 Å². The molecular weight excluding hydrogens is 466 g/mol. The number of thiazole rings is 1. The zero-order valence-electron chi connectivity index (χ0n) is 17.7. The number of hydrogen-bond donors (Lipinski definition) is 0. The van der Waals surface area contributed by atoms with Gasteiger partial charge in [0.1, 0.15) is 4.83 Å². The van der Waals surface area contributed by atoms with Crippen LogP contribution >= 0.6 is 34.3 Å². The summed E-state index contributed by atoms with van der Waals surface area (Å²) < 4.78 is 6.90. The lowest BCUT2D eigenvalue weighted by molar-refractivity contribution is 0.0719. The van der Waals surface area contributed by atoms with Gasteiger partial charge >= 0.3 is 0 Å². The van der Waals surface area contributed by atoms with E-state index in [0.29, 0.717) is 28.2 Å². The van der Waals surface area contributed by atoms with Crippen molar-refractivity contribution in [3.8, 4) is 11.5 Å². The Balaban J connectivity index is 1.35. The Hall–Kier alpha value is -2.49. The second-order valence-electron chi connectivity index (χ2n) is 7.62. The molecule has 0 aliphatic heterocycles. The summed E-state index contributed by atoms with van der Waals surface area (Å²) in [4.78, 5) is 23.8. The largest absolute Gasteiger partial charge is 0.419 e. The summed E-state index contributed by atoms with van der Waals surface area (Å²) in [7, 11) is 0. The van der Waals surface area contributed by atoms with Gasteiger partial charge in [-0.1, -0.05) is 22.9 Å². The average molecular weight is 488 g/mol. The van der Waals surface area contributed by atoms with E-state index in [2.05, 4.69) is 28.9 Å². The molecule has 0 saturated heterocycles. The SMILES string of the molecule is CCN(CC)c1nc2sc(C(=O)N(Cc3nnc(-c4ccc(Cl)cc4)o3)C3CC3)cc2s1. The lowest BCUT2D eigenvalue weighted by Gasteiger charge is -2.19. The second kappa shape index (κ2) is 8.80. The third-order valence-electron chi connectivity index (χ3n) is 5.43. The van der Waals surface area contributed by atoms with Gasteiger partial charge in [0.25, 0.3) is 5.91 Å². The minimum Gasteiger partial charge on any atom is -0.419 e. The van der Waals surface area contributed by atoms with E-state index in [1.54, 1.807) is 23.5 Å². The molecular formula is C22H22ClN5O2S2. The van der Waals surface area contributed by atoms with Crippen molar-refractivity contribution >= 4 is 54.8 Å². The zero-order chi connectivity index (χ0) is 22.2. The van der Waals surface area contributed by atoms with Crippen LogP contribution in [0, 0.1) is 0 Å². The van der Waals surface area contributed by atoms with E-state index in [9.17, 15) is 4.79 Å². The van der Waals surface area contributed by atoms with Crippen molar-refractivity contribution in [2.45, 2.75) is 39.3 Å². The Morgan fingerprint density at radius 2 is 1.91 bits per heavy atom. The zero-order valence-corrected chi connectivity index (χ0v) is 20.1. The summed E-state index contributed by atoms with van der Waals surface area (Å²) in [5.41, 5.74) is 0.797. The van der Waals surface area contributed by atoms with E-state index < -0.39 is 0 Å². The summed E-state index contributed by atoms with van der Waals surface area (Å²) in [5.74, 6) is 0.846. The maximum atomic E-state index is 13.3. The lowest BCUT2D eigenvalue weighted by Crippen LogP contribution is -2.32. The first-order valence-electron chi connectivity index (χ1n) is 10.6. The number of nitrogens with zero attached hydrogens (tertiary/aromatic N) is 5. The molecule has 1 aliphatic carbocycles. The summed E-state index contributed by atoms with van der Waals surface area (Å²) in [6.07, 6.45) is 1.99. The van der Waals surface area contributed by atoms with Gasteiger partial charge in [-0.05, 0) is 57.0 Å². The van der Waals surface area contributed by atoms with E-state index in [1.807, 2.05) is 23.1 Å². The van der Waals surface area contributed by atoms with Crippen molar-refractivity contribution in [3.63, 3.8) is 0 Å². The van der Waals surface area contributed by atoms with Crippen LogP contribution in [0.5, 0.6) is 0 Å². The second-order valence-corrected chi connectivity index (χ2v) is 10.1. The van der Waals surface area contributed by atoms with Crippen LogP contribution in [0.2, 0.25) is 5.02 Å². The predicted octanol–water partition coefficient (Wildman–Crippen LogP) is 5.71. The Bertz CT molecular complexity index is 1210. The van der Waals surface area contributed by atoms with Crippen molar-refractivity contribution in [2.75, 3.05) is 18.0 Å². The maximum Gasteiger partial charge on any atom is 0.264 e. The Morgan fingerprint density at radius 3 is 2.56 bits per heavy atom. The molecule has 0 bridgehead atoms. The molecule has 32 heavy (non-hydrogen) atoms. The van der Waals surface area contributed by atoms with Crippen LogP contribution in [0.1, 0.15) is 42.3 Å². The van der Waals surface area contributed by atoms with Gasteiger partial charge in [0, 0.05) is 29.7 Å². The molecule has 1 aromatic carbocycles. The number of aromatic nitrogens is 3. The van der Waals surface area contributed by atoms with Crippen molar-refractivity contribution in [1.29, 1.82) is 0 Å². The summed E-state index contributed by atoms with van der Waals surface area (Å²) in [6.45, 7) is 6.38. The van der Waals surface area contributed by atoms with E-state index in [-0.39, 0.29) is 11.9 Å². The highest BCUT2D eigenvalue weighted by Crippen LogP contribution is 2.37. The molecule has 0 spiro atoms. The molecule has 1 fully saturated rings. The van der Waals surface area contributed by atoms with E-state index in [4.69, 9.17) is 21.0 Å². The molecule has 1 amide bonds. The summed E-state index contributed by atoms with van der Waals surface area (Å²) in [6, 6.07) is 9.41. The molecule has 3 heterocycles. The topological polar surface area (TPSA) is 75.4 Å². The number of anilines is 1. The summed E-state index contributed by atoms with van der Waals surface area (Å²) >= 11 is 9.04. The Morgan fingerprint density at radius 1 is 1.16 bits per heavy atom. The number of rotatable bonds is 8. The molecule has 0 atom stereocenters. The quantitative estimate of drug-likeness (QED) is 0.317. The predicted molar refractivity (Wildman–Crippen MR) is 129 cm³/mol. The number of fused-ring (bicyclic) bond motifs is 1. The van der Waals surface area contributed by atoms with Crippen molar-refractivity contribution in [1.82, 2.24) is 20.1 Å². The monoisotopic (exact) mass is 487 g/mol. The summed E-state index contributed by atoms with van der Waals surface area (Å²) in [5, 5.41) is 9.97. The van der Waals surface area contributed by atoms with Gasteiger partial charge in [-0.15, -0.1) is 21.5 Å². The molecule has 3 aromatic heterocycles. The molecule has 1 saturated carbocycles. The highest BCUT2D eigenvalue weighted by molar-refractivity contribution is 7.29. The first kappa shape index (κ1) is 21.4. The molecule has 0 radical (unpaired) electrons. The smallest absolute Gasteiger partial charge is 0.264 e. The van der Waals surface area contributed by atoms with Crippen LogP contribution in [0.3, 0.4) is 0 Å². The molecule has 7 nitrogen and oxygen atoms in total. The van der Waals surface area contributed by atoms with Gasteiger partial charge in [0.05, 0.1) is 16.1 Å². The van der Waals surface area contributed by atoms with Crippen LogP contribution in [-0.4, -0.2) is 45.1 Å². The van der Waals surface area contributed by atoms with E-state index >= 15 is 0 Å². The fourth-order valence-electron chi connectivity index (χ4n) is 3.53. The van der Waals surface area contributed by atoms with Crippen molar-refractivity contribution < 1.29 is 9.21 Å². The third kappa shape index (κ3) is 4.24. The fourth-order valence-corrected chi connectivity index (χ4v) is 5.95. The van der Waals surface area contributed by atoms with Crippen LogP contribution in [0.15, 0.2) is 34.7 Å². The van der Waals surface area contributed by atoms with Crippen molar-refractivity contribution in [2.24, 2.45) is 0 Å². The molecule has 0 unspecified atom stereocenters. The first-order valence-corrected chi connectivity index (χ1v) is 12.6. The molecule has 4 aromatic rings. The third-order valence-corrected chi connectivity index (χ3v) is 7.90. The van der Waals surface area contributed by atoms with Gasteiger partial charge < -0.3 is 14.2 Å². The first-order chi connectivity index (χ1) is 15.6. The van der Waals surface area contributed by atoms with E-state index in [1.165, 1.54) is 11.3 Å². The number of thiophene rings is 1. The number of amides is 1. The Labute approximate surface area is 198 Å². The minimum atomic E-state index is -0.00154. The number of benzene rings is 1. The van der Waals surface area contributed by atoms with Crippen LogP contribution in [0.25, 0.3) is 21.0 Å². The molecule has 10 heteroatoms. The van der Waals surface area contributed by atoms with Gasteiger partial charge in [-0.2, -0.15) is 0 Å². The fraction of sp³-hybridized carbons (Fsp3) is 0.364. The number of carbonyl (C=O) groups excluding carboxylic acids is 1. The maximum absolute atomic E-state index is 13.3. The van der Waals surface area contributed by atoms with Crippen molar-refractivity contribution in [3.05, 3.63) is 46.1 Å². The average Bonchev–Trinajstić information content (AvgIpc) is 3.20. The number of halogens is 1. The highest BCUT2D eigenvalue weighted by Gasteiger charge is 2.35. The molecule has 166 valence electrons. The Kier molecular flexibility index (Phi) is 5.88. The van der Waals surface area contributed by atoms with Gasteiger partial charge in [0.2, 0.25) is 11.8 Å². The van der Waals surface area contributed by atoms with Crippen LogP contribution in [-0.2, 0) is 6.54 Å². The number of carbonyl (C=O) groups is 1. The van der Waals surface area contributed by atoms with Gasteiger partial charge in [-0.25, -0.2) is 4.98 Å².